The maximum absolute atomic E-state index is 11.1. The van der Waals surface area contributed by atoms with Crippen LogP contribution in [0.1, 0.15) is 22.8 Å². The summed E-state index contributed by atoms with van der Waals surface area (Å²) in [5, 5.41) is 28.4. The highest BCUT2D eigenvalue weighted by Gasteiger charge is 2.18. The molecule has 76 valence electrons. The number of phenols is 1. The minimum Gasteiger partial charge on any atom is -0.506 e. The summed E-state index contributed by atoms with van der Waals surface area (Å²) >= 11 is 0. The van der Waals surface area contributed by atoms with Crippen molar-refractivity contribution in [1.82, 2.24) is 0 Å². The second kappa shape index (κ2) is 3.75. The Labute approximate surface area is 84.5 Å². The quantitative estimate of drug-likeness (QED) is 0.447. The van der Waals surface area contributed by atoms with E-state index in [0.29, 0.717) is 0 Å². The number of ketones is 1. The number of hydrogen-bond donors (Lipinski definition) is 1. The first-order valence-electron chi connectivity index (χ1n) is 3.89. The van der Waals surface area contributed by atoms with Crippen molar-refractivity contribution in [3.8, 4) is 11.8 Å². The number of rotatable bonds is 2. The van der Waals surface area contributed by atoms with Crippen LogP contribution in [-0.4, -0.2) is 15.8 Å². The summed E-state index contributed by atoms with van der Waals surface area (Å²) in [6, 6.07) is 3.43. The molecule has 0 aliphatic rings. The topological polar surface area (TPSA) is 104 Å². The molecule has 0 saturated heterocycles. The van der Waals surface area contributed by atoms with Crippen LogP contribution < -0.4 is 0 Å². The molecule has 1 aromatic carbocycles. The molecular formula is C9H6N2O4. The van der Waals surface area contributed by atoms with Crippen molar-refractivity contribution in [3.63, 3.8) is 0 Å². The molecule has 0 unspecified atom stereocenters. The van der Waals surface area contributed by atoms with Gasteiger partial charge in [0.2, 0.25) is 0 Å². The minimum atomic E-state index is -0.743. The van der Waals surface area contributed by atoms with Gasteiger partial charge in [0.15, 0.2) is 5.78 Å². The fourth-order valence-corrected chi connectivity index (χ4v) is 1.11. The highest BCUT2D eigenvalue weighted by atomic mass is 16.6. The van der Waals surface area contributed by atoms with Crippen LogP contribution in [0.5, 0.6) is 5.75 Å². The molecule has 0 bridgehead atoms. The summed E-state index contributed by atoms with van der Waals surface area (Å²) in [7, 11) is 0. The normalized spacial score (nSPS) is 9.33. The van der Waals surface area contributed by atoms with Gasteiger partial charge in [0, 0.05) is 11.6 Å². The first kappa shape index (κ1) is 10.7. The van der Waals surface area contributed by atoms with Crippen molar-refractivity contribution in [2.45, 2.75) is 6.92 Å². The van der Waals surface area contributed by atoms with Crippen LogP contribution in [-0.2, 0) is 0 Å². The summed E-state index contributed by atoms with van der Waals surface area (Å²) in [5.41, 5.74) is -0.811. The zero-order valence-electron chi connectivity index (χ0n) is 7.72. The van der Waals surface area contributed by atoms with Crippen LogP contribution in [0.15, 0.2) is 12.1 Å². The third-order valence-corrected chi connectivity index (χ3v) is 1.80. The summed E-state index contributed by atoms with van der Waals surface area (Å²) in [4.78, 5) is 20.8. The lowest BCUT2D eigenvalue weighted by Crippen LogP contribution is -1.99. The van der Waals surface area contributed by atoms with Gasteiger partial charge in [-0.3, -0.25) is 14.9 Å². The van der Waals surface area contributed by atoms with Gasteiger partial charge in [-0.25, -0.2) is 0 Å². The molecule has 0 saturated carbocycles. The number of Topliss-reactive ketones (excluding diaryl/α,β-unsaturated/α-hetero) is 1. The largest absolute Gasteiger partial charge is 0.506 e. The maximum Gasteiger partial charge on any atom is 0.273 e. The number of carbonyl (C=O) groups excluding carboxylic acids is 1. The molecule has 0 atom stereocenters. The van der Waals surface area contributed by atoms with E-state index in [9.17, 15) is 20.0 Å². The Hall–Kier alpha value is -2.42. The molecule has 0 fully saturated rings. The fraction of sp³-hybridized carbons (Fsp3) is 0.111. The molecule has 0 amide bonds. The molecule has 0 aliphatic carbocycles. The van der Waals surface area contributed by atoms with E-state index in [0.717, 1.165) is 12.1 Å². The van der Waals surface area contributed by atoms with Crippen molar-refractivity contribution in [1.29, 1.82) is 5.26 Å². The Morgan fingerprint density at radius 2 is 2.20 bits per heavy atom. The lowest BCUT2D eigenvalue weighted by Gasteiger charge is -2.01. The number of hydrogen-bond acceptors (Lipinski definition) is 5. The zero-order valence-corrected chi connectivity index (χ0v) is 7.72. The number of carbonyl (C=O) groups is 1. The average molecular weight is 206 g/mol. The highest BCUT2D eigenvalue weighted by Crippen LogP contribution is 2.27. The summed E-state index contributed by atoms with van der Waals surface area (Å²) in [5.74, 6) is -1.07. The number of nitriles is 1. The number of nitrogens with zero attached hydrogens (tertiary/aromatic N) is 2. The summed E-state index contributed by atoms with van der Waals surface area (Å²) in [6.07, 6.45) is 0. The summed E-state index contributed by atoms with van der Waals surface area (Å²) in [6.45, 7) is 1.17. The van der Waals surface area contributed by atoms with Gasteiger partial charge >= 0.3 is 0 Å². The molecular weight excluding hydrogens is 200 g/mol. The van der Waals surface area contributed by atoms with E-state index in [4.69, 9.17) is 5.26 Å². The first-order valence-corrected chi connectivity index (χ1v) is 3.89. The van der Waals surface area contributed by atoms with Gasteiger partial charge < -0.3 is 5.11 Å². The van der Waals surface area contributed by atoms with Crippen molar-refractivity contribution < 1.29 is 14.8 Å². The Morgan fingerprint density at radius 3 is 2.60 bits per heavy atom. The van der Waals surface area contributed by atoms with E-state index in [-0.39, 0.29) is 11.1 Å². The molecule has 6 heteroatoms. The fourth-order valence-electron chi connectivity index (χ4n) is 1.11. The molecule has 0 heterocycles. The number of nitro benzene ring substituents is 1. The zero-order chi connectivity index (χ0) is 11.6. The molecule has 1 rings (SSSR count). The minimum absolute atomic E-state index is 0.149. The van der Waals surface area contributed by atoms with E-state index in [1.54, 1.807) is 6.07 Å². The van der Waals surface area contributed by atoms with Gasteiger partial charge in [-0.15, -0.1) is 0 Å². The molecule has 15 heavy (non-hydrogen) atoms. The smallest absolute Gasteiger partial charge is 0.273 e. The van der Waals surface area contributed by atoms with Crippen LogP contribution in [0.25, 0.3) is 0 Å². The third-order valence-electron chi connectivity index (χ3n) is 1.80. The molecule has 0 aromatic heterocycles. The maximum atomic E-state index is 11.1. The van der Waals surface area contributed by atoms with E-state index in [1.807, 2.05) is 0 Å². The lowest BCUT2D eigenvalue weighted by atomic mass is 10.0. The Balaban J connectivity index is 3.54. The highest BCUT2D eigenvalue weighted by molar-refractivity contribution is 5.98. The monoisotopic (exact) mass is 206 g/mol. The third kappa shape index (κ3) is 1.91. The van der Waals surface area contributed by atoms with E-state index < -0.39 is 22.1 Å². The molecule has 0 spiro atoms. The second-order valence-corrected chi connectivity index (χ2v) is 2.81. The number of aromatic hydroxyl groups is 1. The molecule has 0 aliphatic heterocycles. The molecule has 0 radical (unpaired) electrons. The van der Waals surface area contributed by atoms with Gasteiger partial charge in [-0.1, -0.05) is 0 Å². The van der Waals surface area contributed by atoms with Crippen molar-refractivity contribution in [3.05, 3.63) is 33.4 Å². The predicted octanol–water partition coefficient (Wildman–Crippen LogP) is 1.37. The summed E-state index contributed by atoms with van der Waals surface area (Å²) < 4.78 is 0. The van der Waals surface area contributed by atoms with Gasteiger partial charge in [-0.2, -0.15) is 5.26 Å². The van der Waals surface area contributed by atoms with Crippen LogP contribution in [0.3, 0.4) is 0 Å². The Bertz CT molecular complexity index is 488. The van der Waals surface area contributed by atoms with Gasteiger partial charge in [0.25, 0.3) is 5.69 Å². The SMILES string of the molecule is CC(=O)c1cc([N+](=O)[O-])cc(O)c1C#N. The lowest BCUT2D eigenvalue weighted by molar-refractivity contribution is -0.385. The van der Waals surface area contributed by atoms with Gasteiger partial charge in [0.05, 0.1) is 11.0 Å². The first-order chi connectivity index (χ1) is 6.97. The molecule has 1 N–H and O–H groups in total. The molecule has 6 nitrogen and oxygen atoms in total. The van der Waals surface area contributed by atoms with Crippen molar-refractivity contribution in [2.24, 2.45) is 0 Å². The van der Waals surface area contributed by atoms with Crippen LogP contribution >= 0.6 is 0 Å². The van der Waals surface area contributed by atoms with E-state index >= 15 is 0 Å². The number of benzene rings is 1. The predicted molar refractivity (Wildman–Crippen MR) is 49.5 cm³/mol. The van der Waals surface area contributed by atoms with Crippen LogP contribution in [0.2, 0.25) is 0 Å². The average Bonchev–Trinajstić information content (AvgIpc) is 2.16. The number of nitro groups is 1. The Morgan fingerprint density at radius 1 is 1.60 bits per heavy atom. The Kier molecular flexibility index (Phi) is 2.67. The van der Waals surface area contributed by atoms with Gasteiger partial charge in [-0.05, 0) is 6.92 Å². The standard InChI is InChI=1S/C9H6N2O4/c1-5(12)7-2-6(11(14)15)3-9(13)8(7)4-10/h2-3,13H,1H3. The molecule has 1 aromatic rings. The van der Waals surface area contributed by atoms with Crippen molar-refractivity contribution in [2.75, 3.05) is 0 Å². The van der Waals surface area contributed by atoms with Crippen LogP contribution in [0, 0.1) is 21.4 Å². The number of non-ortho nitro benzene ring substituents is 1. The van der Waals surface area contributed by atoms with Crippen molar-refractivity contribution >= 4 is 11.5 Å². The van der Waals surface area contributed by atoms with E-state index in [2.05, 4.69) is 0 Å². The van der Waals surface area contributed by atoms with E-state index in [1.165, 1.54) is 6.92 Å². The van der Waals surface area contributed by atoms with Gasteiger partial charge in [0.1, 0.15) is 17.4 Å². The van der Waals surface area contributed by atoms with Crippen LogP contribution in [0.4, 0.5) is 5.69 Å². The second-order valence-electron chi connectivity index (χ2n) is 2.81. The number of phenolic OH excluding ortho intramolecular Hbond substituents is 1.